The Hall–Kier alpha value is -0.860. The van der Waals surface area contributed by atoms with Gasteiger partial charge in [0.05, 0.1) is 0 Å². The Bertz CT molecular complexity index is 456. The molecule has 1 aliphatic carbocycles. The number of nitrogens with zero attached hydrogens (tertiary/aromatic N) is 1. The zero-order valence-corrected chi connectivity index (χ0v) is 13.2. The third-order valence-corrected chi connectivity index (χ3v) is 5.25. The highest BCUT2D eigenvalue weighted by Gasteiger charge is 2.38. The van der Waals surface area contributed by atoms with Gasteiger partial charge in [0.25, 0.3) is 0 Å². The molecule has 110 valence electrons. The van der Waals surface area contributed by atoms with Crippen LogP contribution in [0.1, 0.15) is 50.8 Å². The zero-order chi connectivity index (χ0) is 14.2. The second-order valence-electron chi connectivity index (χ2n) is 7.21. The van der Waals surface area contributed by atoms with Gasteiger partial charge in [-0.25, -0.2) is 0 Å². The Morgan fingerprint density at radius 2 is 1.90 bits per heavy atom. The highest BCUT2D eigenvalue weighted by Crippen LogP contribution is 2.38. The van der Waals surface area contributed by atoms with Crippen molar-refractivity contribution in [2.24, 2.45) is 5.41 Å². The summed E-state index contributed by atoms with van der Waals surface area (Å²) in [7, 11) is 0. The predicted octanol–water partition coefficient (Wildman–Crippen LogP) is 3.38. The molecule has 2 atom stereocenters. The van der Waals surface area contributed by atoms with Crippen molar-refractivity contribution in [3.8, 4) is 0 Å². The standard InChI is InChI=1S/C18H28N2/c1-4-19-17-15-8-6-5-7-14(15)13-16(17)20-11-9-18(2,3)10-12-20/h5-8,16-17,19H,4,9-13H2,1-3H3. The van der Waals surface area contributed by atoms with Gasteiger partial charge in [-0.2, -0.15) is 0 Å². The van der Waals surface area contributed by atoms with Gasteiger partial charge in [0.1, 0.15) is 0 Å². The van der Waals surface area contributed by atoms with E-state index in [2.05, 4.69) is 55.3 Å². The Morgan fingerprint density at radius 1 is 1.20 bits per heavy atom. The Balaban J connectivity index is 1.77. The molecule has 2 unspecified atom stereocenters. The summed E-state index contributed by atoms with van der Waals surface area (Å²) in [6, 6.07) is 10.2. The van der Waals surface area contributed by atoms with Crippen LogP contribution in [0.2, 0.25) is 0 Å². The minimum atomic E-state index is 0.525. The quantitative estimate of drug-likeness (QED) is 0.907. The van der Waals surface area contributed by atoms with Gasteiger partial charge in [0.15, 0.2) is 0 Å². The molecule has 0 saturated carbocycles. The van der Waals surface area contributed by atoms with Crippen molar-refractivity contribution in [3.05, 3.63) is 35.4 Å². The van der Waals surface area contributed by atoms with Gasteiger partial charge in [-0.15, -0.1) is 0 Å². The normalized spacial score (nSPS) is 29.4. The van der Waals surface area contributed by atoms with E-state index < -0.39 is 0 Å². The molecule has 1 aliphatic heterocycles. The second kappa shape index (κ2) is 5.50. The fourth-order valence-electron chi connectivity index (χ4n) is 3.84. The molecule has 1 N–H and O–H groups in total. The van der Waals surface area contributed by atoms with Crippen LogP contribution in [0, 0.1) is 5.41 Å². The number of piperidine rings is 1. The van der Waals surface area contributed by atoms with Crippen LogP contribution in [0.5, 0.6) is 0 Å². The minimum absolute atomic E-state index is 0.525. The number of hydrogen-bond donors (Lipinski definition) is 1. The van der Waals surface area contributed by atoms with E-state index in [0.717, 1.165) is 6.54 Å². The molecule has 0 radical (unpaired) electrons. The summed E-state index contributed by atoms with van der Waals surface area (Å²) in [4.78, 5) is 2.73. The predicted molar refractivity (Wildman–Crippen MR) is 84.9 cm³/mol. The molecule has 0 amide bonds. The first-order valence-electron chi connectivity index (χ1n) is 8.16. The highest BCUT2D eigenvalue weighted by molar-refractivity contribution is 5.37. The van der Waals surface area contributed by atoms with Crippen LogP contribution in [0.4, 0.5) is 0 Å². The van der Waals surface area contributed by atoms with Crippen LogP contribution < -0.4 is 5.32 Å². The highest BCUT2D eigenvalue weighted by atomic mass is 15.2. The largest absolute Gasteiger partial charge is 0.309 e. The van der Waals surface area contributed by atoms with E-state index >= 15 is 0 Å². The van der Waals surface area contributed by atoms with Crippen molar-refractivity contribution in [2.45, 2.75) is 52.1 Å². The van der Waals surface area contributed by atoms with Crippen LogP contribution in [0.15, 0.2) is 24.3 Å². The van der Waals surface area contributed by atoms with Gasteiger partial charge in [-0.05, 0) is 55.4 Å². The molecular weight excluding hydrogens is 244 g/mol. The van der Waals surface area contributed by atoms with E-state index in [0.29, 0.717) is 17.5 Å². The average Bonchev–Trinajstić information content (AvgIpc) is 2.78. The number of nitrogens with one attached hydrogen (secondary N) is 1. The molecule has 2 aliphatic rings. The molecule has 0 aromatic heterocycles. The van der Waals surface area contributed by atoms with Gasteiger partial charge in [-0.1, -0.05) is 45.0 Å². The maximum atomic E-state index is 3.73. The number of likely N-dealkylation sites (tertiary alicyclic amines) is 1. The summed E-state index contributed by atoms with van der Waals surface area (Å²) < 4.78 is 0. The van der Waals surface area contributed by atoms with Crippen molar-refractivity contribution in [3.63, 3.8) is 0 Å². The van der Waals surface area contributed by atoms with Crippen LogP contribution in [0.3, 0.4) is 0 Å². The molecule has 1 fully saturated rings. The summed E-state index contributed by atoms with van der Waals surface area (Å²) in [5, 5.41) is 3.73. The molecule has 1 aromatic carbocycles. The molecule has 1 heterocycles. The van der Waals surface area contributed by atoms with E-state index in [1.807, 2.05) is 0 Å². The fourth-order valence-corrected chi connectivity index (χ4v) is 3.84. The van der Waals surface area contributed by atoms with Crippen molar-refractivity contribution in [1.29, 1.82) is 0 Å². The van der Waals surface area contributed by atoms with Gasteiger partial charge >= 0.3 is 0 Å². The molecule has 2 nitrogen and oxygen atoms in total. The number of likely N-dealkylation sites (N-methyl/N-ethyl adjacent to an activating group) is 1. The average molecular weight is 272 g/mol. The first-order chi connectivity index (χ1) is 9.61. The third kappa shape index (κ3) is 2.64. The van der Waals surface area contributed by atoms with Crippen molar-refractivity contribution < 1.29 is 0 Å². The van der Waals surface area contributed by atoms with Crippen LogP contribution in [-0.4, -0.2) is 30.6 Å². The summed E-state index contributed by atoms with van der Waals surface area (Å²) in [5.41, 5.74) is 3.62. The molecule has 0 spiro atoms. The van der Waals surface area contributed by atoms with Gasteiger partial charge in [0, 0.05) is 12.1 Å². The van der Waals surface area contributed by atoms with Crippen LogP contribution >= 0.6 is 0 Å². The van der Waals surface area contributed by atoms with E-state index in [1.165, 1.54) is 37.9 Å². The van der Waals surface area contributed by atoms with E-state index in [4.69, 9.17) is 0 Å². The molecule has 20 heavy (non-hydrogen) atoms. The maximum absolute atomic E-state index is 3.73. The summed E-state index contributed by atoms with van der Waals surface area (Å²) >= 11 is 0. The minimum Gasteiger partial charge on any atom is -0.309 e. The van der Waals surface area contributed by atoms with E-state index in [9.17, 15) is 0 Å². The molecular formula is C18H28N2. The van der Waals surface area contributed by atoms with E-state index in [1.54, 1.807) is 5.56 Å². The summed E-state index contributed by atoms with van der Waals surface area (Å²) in [6.45, 7) is 10.6. The molecule has 2 heteroatoms. The topological polar surface area (TPSA) is 15.3 Å². The van der Waals surface area contributed by atoms with Gasteiger partial charge in [-0.3, -0.25) is 4.90 Å². The Labute approximate surface area is 123 Å². The zero-order valence-electron chi connectivity index (χ0n) is 13.2. The molecule has 1 aromatic rings. The lowest BCUT2D eigenvalue weighted by atomic mass is 9.82. The number of hydrogen-bond acceptors (Lipinski definition) is 2. The van der Waals surface area contributed by atoms with Gasteiger partial charge < -0.3 is 5.32 Å². The number of fused-ring (bicyclic) bond motifs is 1. The first-order valence-corrected chi connectivity index (χ1v) is 8.16. The van der Waals surface area contributed by atoms with Crippen LogP contribution in [0.25, 0.3) is 0 Å². The van der Waals surface area contributed by atoms with Crippen molar-refractivity contribution >= 4 is 0 Å². The van der Waals surface area contributed by atoms with Crippen molar-refractivity contribution in [2.75, 3.05) is 19.6 Å². The fraction of sp³-hybridized carbons (Fsp3) is 0.667. The monoisotopic (exact) mass is 272 g/mol. The van der Waals surface area contributed by atoms with Gasteiger partial charge in [0.2, 0.25) is 0 Å². The Kier molecular flexibility index (Phi) is 3.87. The van der Waals surface area contributed by atoms with Crippen LogP contribution in [-0.2, 0) is 6.42 Å². The molecule has 1 saturated heterocycles. The lowest BCUT2D eigenvalue weighted by Crippen LogP contribution is -2.48. The lowest BCUT2D eigenvalue weighted by Gasteiger charge is -2.42. The maximum Gasteiger partial charge on any atom is 0.0484 e. The smallest absolute Gasteiger partial charge is 0.0484 e. The molecule has 0 bridgehead atoms. The lowest BCUT2D eigenvalue weighted by molar-refractivity contribution is 0.0811. The third-order valence-electron chi connectivity index (χ3n) is 5.25. The SMILES string of the molecule is CCNC1c2ccccc2CC1N1CCC(C)(C)CC1. The second-order valence-corrected chi connectivity index (χ2v) is 7.21. The Morgan fingerprint density at radius 3 is 2.60 bits per heavy atom. The number of rotatable bonds is 3. The summed E-state index contributed by atoms with van der Waals surface area (Å²) in [6.07, 6.45) is 3.88. The first kappa shape index (κ1) is 14.1. The summed E-state index contributed by atoms with van der Waals surface area (Å²) in [5.74, 6) is 0. The number of benzene rings is 1. The van der Waals surface area contributed by atoms with Crippen molar-refractivity contribution in [1.82, 2.24) is 10.2 Å². The molecule has 3 rings (SSSR count). The van der Waals surface area contributed by atoms with E-state index in [-0.39, 0.29) is 0 Å².